The molecule has 2 N–H and O–H groups in total. The lowest BCUT2D eigenvalue weighted by Crippen LogP contribution is -2.46. The molecule has 7 nitrogen and oxygen atoms in total. The molecule has 0 atom stereocenters. The maximum absolute atomic E-state index is 11.8. The van der Waals surface area contributed by atoms with Crippen LogP contribution >= 0.6 is 0 Å². The second-order valence-corrected chi connectivity index (χ2v) is 7.65. The molecule has 7 heteroatoms. The summed E-state index contributed by atoms with van der Waals surface area (Å²) in [6.45, 7) is 7.85. The molecule has 29 heavy (non-hydrogen) atoms. The molecule has 1 saturated heterocycles. The third-order valence-corrected chi connectivity index (χ3v) is 5.00. The number of aliphatic imine (C=N–C) groups is 1. The van der Waals surface area contributed by atoms with Gasteiger partial charge in [0.15, 0.2) is 5.96 Å². The normalized spacial score (nSPS) is 15.6. The molecule has 1 aromatic carbocycles. The van der Waals surface area contributed by atoms with Gasteiger partial charge in [0.2, 0.25) is 5.91 Å². The van der Waals surface area contributed by atoms with E-state index in [9.17, 15) is 4.79 Å². The van der Waals surface area contributed by atoms with E-state index in [-0.39, 0.29) is 11.8 Å². The lowest BCUT2D eigenvalue weighted by Gasteiger charge is -2.34. The van der Waals surface area contributed by atoms with Gasteiger partial charge >= 0.3 is 0 Å². The lowest BCUT2D eigenvalue weighted by molar-refractivity contribution is -0.118. The van der Waals surface area contributed by atoms with Gasteiger partial charge in [0.05, 0.1) is 6.10 Å². The van der Waals surface area contributed by atoms with Gasteiger partial charge in [-0.2, -0.15) is 0 Å². The highest BCUT2D eigenvalue weighted by atomic mass is 16.5. The van der Waals surface area contributed by atoms with E-state index in [1.165, 1.54) is 0 Å². The molecular weight excluding hydrogens is 368 g/mol. The number of amides is 1. The van der Waals surface area contributed by atoms with Crippen LogP contribution in [-0.2, 0) is 20.8 Å². The highest BCUT2D eigenvalue weighted by Crippen LogP contribution is 2.15. The predicted molar refractivity (Wildman–Crippen MR) is 117 cm³/mol. The van der Waals surface area contributed by atoms with Gasteiger partial charge in [0.25, 0.3) is 0 Å². The van der Waals surface area contributed by atoms with Crippen LogP contribution in [0.5, 0.6) is 0 Å². The van der Waals surface area contributed by atoms with E-state index in [2.05, 4.69) is 20.5 Å². The van der Waals surface area contributed by atoms with Crippen LogP contribution in [0.15, 0.2) is 29.3 Å². The SMILES string of the molecule is CN=C(NCc1ccc(NC(=O)C(C)C)cc1)N1CCC(OCCCOC)CC1. The molecule has 1 aromatic rings. The number of guanidine groups is 1. The summed E-state index contributed by atoms with van der Waals surface area (Å²) in [5, 5.41) is 6.35. The Morgan fingerprint density at radius 1 is 1.21 bits per heavy atom. The number of carbonyl (C=O) groups is 1. The van der Waals surface area contributed by atoms with Crippen LogP contribution in [0.25, 0.3) is 0 Å². The number of benzene rings is 1. The molecule has 1 fully saturated rings. The fourth-order valence-electron chi connectivity index (χ4n) is 3.19. The van der Waals surface area contributed by atoms with Crippen molar-refractivity contribution in [2.24, 2.45) is 10.9 Å². The minimum absolute atomic E-state index is 0.0282. The molecule has 1 heterocycles. The third kappa shape index (κ3) is 8.03. The molecule has 0 unspecified atom stereocenters. The molecule has 1 aliphatic rings. The van der Waals surface area contributed by atoms with Gasteiger partial charge < -0.3 is 25.0 Å². The molecule has 162 valence electrons. The molecule has 0 spiro atoms. The summed E-state index contributed by atoms with van der Waals surface area (Å²) >= 11 is 0. The van der Waals surface area contributed by atoms with Crippen LogP contribution in [0.2, 0.25) is 0 Å². The zero-order chi connectivity index (χ0) is 21.1. The molecule has 0 aliphatic carbocycles. The number of ether oxygens (including phenoxy) is 2. The Kier molecular flexibility index (Phi) is 9.94. The van der Waals surface area contributed by atoms with E-state index in [0.717, 1.165) is 62.8 Å². The quantitative estimate of drug-likeness (QED) is 0.376. The summed E-state index contributed by atoms with van der Waals surface area (Å²) < 4.78 is 11.0. The van der Waals surface area contributed by atoms with Gasteiger partial charge in [0.1, 0.15) is 0 Å². The zero-order valence-corrected chi connectivity index (χ0v) is 18.2. The molecule has 0 saturated carbocycles. The summed E-state index contributed by atoms with van der Waals surface area (Å²) in [6.07, 6.45) is 3.30. The fourth-order valence-corrected chi connectivity index (χ4v) is 3.19. The predicted octanol–water partition coefficient (Wildman–Crippen LogP) is 2.87. The molecule has 0 radical (unpaired) electrons. The Hall–Kier alpha value is -2.12. The Morgan fingerprint density at radius 2 is 1.90 bits per heavy atom. The van der Waals surface area contributed by atoms with Gasteiger partial charge in [-0.25, -0.2) is 0 Å². The van der Waals surface area contributed by atoms with E-state index in [1.807, 2.05) is 45.2 Å². The van der Waals surface area contributed by atoms with Gasteiger partial charge in [-0.1, -0.05) is 26.0 Å². The van der Waals surface area contributed by atoms with Crippen molar-refractivity contribution in [2.45, 2.75) is 45.8 Å². The summed E-state index contributed by atoms with van der Waals surface area (Å²) in [4.78, 5) is 18.5. The number of nitrogens with one attached hydrogen (secondary N) is 2. The smallest absolute Gasteiger partial charge is 0.226 e. The number of nitrogens with zero attached hydrogens (tertiary/aromatic N) is 2. The molecular formula is C22H36N4O3. The van der Waals surface area contributed by atoms with Crippen LogP contribution < -0.4 is 10.6 Å². The molecule has 1 amide bonds. The second kappa shape index (κ2) is 12.4. The van der Waals surface area contributed by atoms with Crippen LogP contribution in [0.4, 0.5) is 5.69 Å². The maximum Gasteiger partial charge on any atom is 0.226 e. The lowest BCUT2D eigenvalue weighted by atomic mass is 10.1. The first-order valence-corrected chi connectivity index (χ1v) is 10.5. The Balaban J connectivity index is 1.74. The van der Waals surface area contributed by atoms with Crippen molar-refractivity contribution in [1.29, 1.82) is 0 Å². The standard InChI is InChI=1S/C22H36N4O3/c1-17(2)21(27)25-19-8-6-18(7-9-19)16-24-22(23-3)26-12-10-20(11-13-26)29-15-5-14-28-4/h6-9,17,20H,5,10-16H2,1-4H3,(H,23,24)(H,25,27). The fraction of sp³-hybridized carbons (Fsp3) is 0.636. The Bertz CT molecular complexity index is 638. The average Bonchev–Trinajstić information content (AvgIpc) is 2.73. The number of carbonyl (C=O) groups excluding carboxylic acids is 1. The van der Waals surface area contributed by atoms with Crippen molar-refractivity contribution in [2.75, 3.05) is 45.8 Å². The number of hydrogen-bond acceptors (Lipinski definition) is 4. The monoisotopic (exact) mass is 404 g/mol. The van der Waals surface area contributed by atoms with Gasteiger partial charge in [-0.3, -0.25) is 9.79 Å². The first-order chi connectivity index (χ1) is 14.0. The highest BCUT2D eigenvalue weighted by molar-refractivity contribution is 5.92. The van der Waals surface area contributed by atoms with Gasteiger partial charge in [-0.05, 0) is 37.0 Å². The number of methoxy groups -OCH3 is 1. The van der Waals surface area contributed by atoms with Gasteiger partial charge in [0, 0.05) is 58.6 Å². The van der Waals surface area contributed by atoms with Crippen molar-refractivity contribution in [1.82, 2.24) is 10.2 Å². The number of rotatable bonds is 9. The minimum Gasteiger partial charge on any atom is -0.385 e. The number of hydrogen-bond donors (Lipinski definition) is 2. The van der Waals surface area contributed by atoms with Crippen molar-refractivity contribution in [3.63, 3.8) is 0 Å². The number of likely N-dealkylation sites (tertiary alicyclic amines) is 1. The molecule has 0 bridgehead atoms. The zero-order valence-electron chi connectivity index (χ0n) is 18.2. The Morgan fingerprint density at radius 3 is 2.48 bits per heavy atom. The van der Waals surface area contributed by atoms with Crippen molar-refractivity contribution < 1.29 is 14.3 Å². The van der Waals surface area contributed by atoms with E-state index in [1.54, 1.807) is 7.11 Å². The number of anilines is 1. The summed E-state index contributed by atoms with van der Waals surface area (Å²) in [7, 11) is 3.54. The van der Waals surface area contributed by atoms with E-state index >= 15 is 0 Å². The maximum atomic E-state index is 11.8. The Labute approximate surface area is 174 Å². The van der Waals surface area contributed by atoms with E-state index in [0.29, 0.717) is 12.6 Å². The molecule has 1 aliphatic heterocycles. The second-order valence-electron chi connectivity index (χ2n) is 7.65. The molecule has 0 aromatic heterocycles. The first-order valence-electron chi connectivity index (χ1n) is 10.5. The van der Waals surface area contributed by atoms with E-state index < -0.39 is 0 Å². The van der Waals surface area contributed by atoms with Crippen molar-refractivity contribution in [3.8, 4) is 0 Å². The van der Waals surface area contributed by atoms with Crippen LogP contribution in [-0.4, -0.2) is 63.3 Å². The van der Waals surface area contributed by atoms with E-state index in [4.69, 9.17) is 9.47 Å². The third-order valence-electron chi connectivity index (χ3n) is 5.00. The number of piperidine rings is 1. The van der Waals surface area contributed by atoms with Crippen LogP contribution in [0.3, 0.4) is 0 Å². The topological polar surface area (TPSA) is 75.2 Å². The average molecular weight is 405 g/mol. The summed E-state index contributed by atoms with van der Waals surface area (Å²) in [5.74, 6) is 0.918. The van der Waals surface area contributed by atoms with Crippen molar-refractivity contribution in [3.05, 3.63) is 29.8 Å². The molecule has 2 rings (SSSR count). The van der Waals surface area contributed by atoms with Crippen molar-refractivity contribution >= 4 is 17.6 Å². The first kappa shape index (κ1) is 23.2. The summed E-state index contributed by atoms with van der Waals surface area (Å²) in [5.41, 5.74) is 1.97. The minimum atomic E-state index is -0.0282. The van der Waals surface area contributed by atoms with Crippen LogP contribution in [0.1, 0.15) is 38.7 Å². The highest BCUT2D eigenvalue weighted by Gasteiger charge is 2.21. The summed E-state index contributed by atoms with van der Waals surface area (Å²) in [6, 6.07) is 7.92. The van der Waals surface area contributed by atoms with Gasteiger partial charge in [-0.15, -0.1) is 0 Å². The largest absolute Gasteiger partial charge is 0.385 e. The van der Waals surface area contributed by atoms with Crippen LogP contribution in [0, 0.1) is 5.92 Å².